The SMILES string of the molecule is CCCCn1ncc(NCC(C)(C)CC)c(Br)c1=O. The van der Waals surface area contributed by atoms with E-state index < -0.39 is 0 Å². The van der Waals surface area contributed by atoms with Gasteiger partial charge in [0.2, 0.25) is 0 Å². The van der Waals surface area contributed by atoms with Gasteiger partial charge in [-0.05, 0) is 34.2 Å². The summed E-state index contributed by atoms with van der Waals surface area (Å²) in [4.78, 5) is 12.1. The average Bonchev–Trinajstić information content (AvgIpc) is 2.39. The van der Waals surface area contributed by atoms with E-state index in [0.29, 0.717) is 11.0 Å². The van der Waals surface area contributed by atoms with E-state index in [2.05, 4.69) is 54.0 Å². The van der Waals surface area contributed by atoms with Crippen molar-refractivity contribution < 1.29 is 0 Å². The second-order valence-corrected chi connectivity index (χ2v) is 6.42. The number of hydrogen-bond acceptors (Lipinski definition) is 3. The molecule has 0 fully saturated rings. The first-order valence-corrected chi connectivity index (χ1v) is 7.70. The Balaban J connectivity index is 2.82. The molecule has 1 heterocycles. The molecule has 0 amide bonds. The minimum atomic E-state index is -0.0623. The van der Waals surface area contributed by atoms with Crippen molar-refractivity contribution >= 4 is 21.6 Å². The molecule has 108 valence electrons. The zero-order valence-electron chi connectivity index (χ0n) is 12.3. The van der Waals surface area contributed by atoms with Crippen LogP contribution in [0.2, 0.25) is 0 Å². The molecule has 0 atom stereocenters. The highest BCUT2D eigenvalue weighted by Crippen LogP contribution is 2.22. The number of rotatable bonds is 7. The minimum Gasteiger partial charge on any atom is -0.382 e. The summed E-state index contributed by atoms with van der Waals surface area (Å²) in [6.07, 6.45) is 4.83. The fraction of sp³-hybridized carbons (Fsp3) is 0.714. The molecule has 19 heavy (non-hydrogen) atoms. The quantitative estimate of drug-likeness (QED) is 0.830. The smallest absolute Gasteiger partial charge is 0.283 e. The van der Waals surface area contributed by atoms with Crippen LogP contribution in [0.5, 0.6) is 0 Å². The van der Waals surface area contributed by atoms with Gasteiger partial charge in [0.25, 0.3) is 5.56 Å². The van der Waals surface area contributed by atoms with Gasteiger partial charge in [0.1, 0.15) is 4.47 Å². The molecule has 0 aliphatic rings. The van der Waals surface area contributed by atoms with Gasteiger partial charge in [0.05, 0.1) is 11.9 Å². The third kappa shape index (κ3) is 4.64. The van der Waals surface area contributed by atoms with E-state index in [1.807, 2.05) is 0 Å². The Labute approximate surface area is 123 Å². The van der Waals surface area contributed by atoms with Gasteiger partial charge in [0.15, 0.2) is 0 Å². The summed E-state index contributed by atoms with van der Waals surface area (Å²) in [7, 11) is 0. The van der Waals surface area contributed by atoms with Gasteiger partial charge in [-0.25, -0.2) is 4.68 Å². The molecule has 0 aliphatic heterocycles. The number of hydrogen-bond donors (Lipinski definition) is 1. The number of aromatic nitrogens is 2. The summed E-state index contributed by atoms with van der Waals surface area (Å²) in [6.45, 7) is 10.2. The molecular formula is C14H24BrN3O. The highest BCUT2D eigenvalue weighted by atomic mass is 79.9. The van der Waals surface area contributed by atoms with Crippen LogP contribution in [0, 0.1) is 5.41 Å². The minimum absolute atomic E-state index is 0.0623. The molecule has 4 nitrogen and oxygen atoms in total. The Morgan fingerprint density at radius 2 is 2.11 bits per heavy atom. The Kier molecular flexibility index (Phi) is 6.04. The fourth-order valence-electron chi connectivity index (χ4n) is 1.51. The van der Waals surface area contributed by atoms with Gasteiger partial charge in [-0.15, -0.1) is 0 Å². The zero-order valence-corrected chi connectivity index (χ0v) is 13.9. The lowest BCUT2D eigenvalue weighted by molar-refractivity contribution is 0.376. The van der Waals surface area contributed by atoms with Crippen molar-refractivity contribution in [2.45, 2.75) is 53.5 Å². The first-order chi connectivity index (χ1) is 8.91. The lowest BCUT2D eigenvalue weighted by Crippen LogP contribution is -2.27. The van der Waals surface area contributed by atoms with Crippen LogP contribution in [-0.4, -0.2) is 16.3 Å². The predicted octanol–water partition coefficient (Wildman–Crippen LogP) is 3.65. The summed E-state index contributed by atoms with van der Waals surface area (Å²) in [5, 5.41) is 7.52. The predicted molar refractivity (Wildman–Crippen MR) is 83.7 cm³/mol. The van der Waals surface area contributed by atoms with Crippen LogP contribution in [0.25, 0.3) is 0 Å². The summed E-state index contributed by atoms with van der Waals surface area (Å²) in [6, 6.07) is 0. The van der Waals surface area contributed by atoms with Gasteiger partial charge in [-0.1, -0.05) is 34.1 Å². The zero-order chi connectivity index (χ0) is 14.5. The highest BCUT2D eigenvalue weighted by molar-refractivity contribution is 9.10. The summed E-state index contributed by atoms with van der Waals surface area (Å²) < 4.78 is 2.09. The topological polar surface area (TPSA) is 46.9 Å². The molecule has 0 radical (unpaired) electrons. The van der Waals surface area contributed by atoms with E-state index in [4.69, 9.17) is 0 Å². The van der Waals surface area contributed by atoms with Crippen LogP contribution >= 0.6 is 15.9 Å². The van der Waals surface area contributed by atoms with Crippen molar-refractivity contribution in [1.29, 1.82) is 0 Å². The Morgan fingerprint density at radius 3 is 2.68 bits per heavy atom. The van der Waals surface area contributed by atoms with E-state index in [0.717, 1.165) is 31.5 Å². The number of halogens is 1. The Hall–Kier alpha value is -0.840. The number of anilines is 1. The highest BCUT2D eigenvalue weighted by Gasteiger charge is 2.16. The van der Waals surface area contributed by atoms with Gasteiger partial charge in [0, 0.05) is 13.1 Å². The molecule has 0 aliphatic carbocycles. The van der Waals surface area contributed by atoms with Crippen LogP contribution in [0.4, 0.5) is 5.69 Å². The average molecular weight is 330 g/mol. The summed E-state index contributed by atoms with van der Waals surface area (Å²) in [5.41, 5.74) is 0.920. The molecule has 0 saturated carbocycles. The molecule has 1 aromatic heterocycles. The second kappa shape index (κ2) is 7.08. The molecule has 5 heteroatoms. The molecule has 1 N–H and O–H groups in total. The largest absolute Gasteiger partial charge is 0.382 e. The second-order valence-electron chi connectivity index (χ2n) is 5.63. The maximum atomic E-state index is 12.1. The summed E-state index contributed by atoms with van der Waals surface area (Å²) in [5.74, 6) is 0. The molecule has 0 aromatic carbocycles. The first kappa shape index (κ1) is 16.2. The van der Waals surface area contributed by atoms with Crippen molar-refractivity contribution in [3.8, 4) is 0 Å². The van der Waals surface area contributed by atoms with Crippen LogP contribution < -0.4 is 10.9 Å². The molecule has 1 aromatic rings. The van der Waals surface area contributed by atoms with E-state index in [1.165, 1.54) is 4.68 Å². The summed E-state index contributed by atoms with van der Waals surface area (Å²) >= 11 is 3.38. The number of unbranched alkanes of at least 4 members (excludes halogenated alkanes) is 1. The van der Waals surface area contributed by atoms with Crippen molar-refractivity contribution in [1.82, 2.24) is 9.78 Å². The molecule has 0 spiro atoms. The normalized spacial score (nSPS) is 11.6. The molecule has 0 saturated heterocycles. The van der Waals surface area contributed by atoms with Crippen LogP contribution in [-0.2, 0) is 6.54 Å². The number of nitrogens with one attached hydrogen (secondary N) is 1. The Bertz CT molecular complexity index is 468. The van der Waals surface area contributed by atoms with Gasteiger partial charge < -0.3 is 5.32 Å². The third-order valence-corrected chi connectivity index (χ3v) is 4.19. The standard InChI is InChI=1S/C14H24BrN3O/c1-5-7-8-18-13(19)12(15)11(9-17-18)16-10-14(3,4)6-2/h9,16H,5-8,10H2,1-4H3. The van der Waals surface area contributed by atoms with E-state index in [-0.39, 0.29) is 11.0 Å². The van der Waals surface area contributed by atoms with E-state index >= 15 is 0 Å². The monoisotopic (exact) mass is 329 g/mol. The first-order valence-electron chi connectivity index (χ1n) is 6.90. The van der Waals surface area contributed by atoms with Gasteiger partial charge >= 0.3 is 0 Å². The number of aryl methyl sites for hydroxylation is 1. The van der Waals surface area contributed by atoms with Crippen molar-refractivity contribution in [3.63, 3.8) is 0 Å². The van der Waals surface area contributed by atoms with Crippen molar-refractivity contribution in [2.75, 3.05) is 11.9 Å². The molecular weight excluding hydrogens is 306 g/mol. The van der Waals surface area contributed by atoms with Crippen molar-refractivity contribution in [2.24, 2.45) is 5.41 Å². The third-order valence-electron chi connectivity index (χ3n) is 3.42. The molecule has 0 bridgehead atoms. The van der Waals surface area contributed by atoms with Crippen LogP contribution in [0.15, 0.2) is 15.5 Å². The fourth-order valence-corrected chi connectivity index (χ4v) is 1.96. The molecule has 1 rings (SSSR count). The van der Waals surface area contributed by atoms with Gasteiger partial charge in [-0.2, -0.15) is 5.10 Å². The lowest BCUT2D eigenvalue weighted by Gasteiger charge is -2.23. The van der Waals surface area contributed by atoms with Crippen LogP contribution in [0.1, 0.15) is 47.0 Å². The van der Waals surface area contributed by atoms with Crippen molar-refractivity contribution in [3.05, 3.63) is 21.0 Å². The lowest BCUT2D eigenvalue weighted by atomic mass is 9.90. The maximum absolute atomic E-state index is 12.1. The Morgan fingerprint density at radius 1 is 1.42 bits per heavy atom. The maximum Gasteiger partial charge on any atom is 0.283 e. The van der Waals surface area contributed by atoms with Crippen LogP contribution in [0.3, 0.4) is 0 Å². The number of nitrogens with zero attached hydrogens (tertiary/aromatic N) is 2. The van der Waals surface area contributed by atoms with Gasteiger partial charge in [-0.3, -0.25) is 4.79 Å². The van der Waals surface area contributed by atoms with E-state index in [9.17, 15) is 4.79 Å². The molecule has 0 unspecified atom stereocenters. The van der Waals surface area contributed by atoms with E-state index in [1.54, 1.807) is 6.20 Å².